The van der Waals surface area contributed by atoms with Crippen LogP contribution in [0.15, 0.2) is 18.2 Å². The standard InChI is InChI=1S/C8H10ClNO2/c9-5-1-2-7(11)6(3-5)8(12)4-10/h1-3,8,11-12H,4,10H2/t8-/m1/s1. The van der Waals surface area contributed by atoms with Crippen LogP contribution in [0.5, 0.6) is 5.75 Å². The van der Waals surface area contributed by atoms with Crippen molar-refractivity contribution in [2.75, 3.05) is 6.54 Å². The summed E-state index contributed by atoms with van der Waals surface area (Å²) in [6.45, 7) is 0.0634. The summed E-state index contributed by atoms with van der Waals surface area (Å²) in [6, 6.07) is 4.47. The smallest absolute Gasteiger partial charge is 0.121 e. The van der Waals surface area contributed by atoms with Gasteiger partial charge in [-0.3, -0.25) is 0 Å². The van der Waals surface area contributed by atoms with Crippen LogP contribution in [-0.2, 0) is 0 Å². The van der Waals surface area contributed by atoms with Gasteiger partial charge in [-0.25, -0.2) is 0 Å². The first-order valence-corrected chi connectivity index (χ1v) is 3.89. The maximum atomic E-state index is 9.29. The molecule has 0 spiro atoms. The van der Waals surface area contributed by atoms with Gasteiger partial charge in [0.15, 0.2) is 0 Å². The van der Waals surface area contributed by atoms with Crippen LogP contribution in [0.2, 0.25) is 5.02 Å². The second kappa shape index (κ2) is 3.76. The number of phenols is 1. The summed E-state index contributed by atoms with van der Waals surface area (Å²) >= 11 is 5.65. The molecule has 1 aromatic rings. The Hall–Kier alpha value is -0.770. The predicted octanol–water partition coefficient (Wildman–Crippen LogP) is 1.04. The SMILES string of the molecule is NC[C@@H](O)c1cc(Cl)ccc1O. The third-order valence-electron chi connectivity index (χ3n) is 1.57. The Morgan fingerprint density at radius 3 is 2.75 bits per heavy atom. The van der Waals surface area contributed by atoms with Crippen molar-refractivity contribution >= 4 is 11.6 Å². The molecule has 3 nitrogen and oxygen atoms in total. The van der Waals surface area contributed by atoms with Crippen molar-refractivity contribution in [3.63, 3.8) is 0 Å². The Balaban J connectivity index is 3.04. The molecule has 1 rings (SSSR count). The van der Waals surface area contributed by atoms with Crippen molar-refractivity contribution < 1.29 is 10.2 Å². The van der Waals surface area contributed by atoms with E-state index in [0.717, 1.165) is 0 Å². The number of rotatable bonds is 2. The number of aromatic hydroxyl groups is 1. The van der Waals surface area contributed by atoms with Crippen LogP contribution in [-0.4, -0.2) is 16.8 Å². The largest absolute Gasteiger partial charge is 0.508 e. The molecule has 0 aliphatic rings. The molecule has 0 amide bonds. The second-order valence-electron chi connectivity index (χ2n) is 2.45. The van der Waals surface area contributed by atoms with Crippen LogP contribution in [0, 0.1) is 0 Å². The minimum Gasteiger partial charge on any atom is -0.508 e. The summed E-state index contributed by atoms with van der Waals surface area (Å²) in [5.41, 5.74) is 5.58. The third-order valence-corrected chi connectivity index (χ3v) is 1.81. The van der Waals surface area contributed by atoms with E-state index in [1.165, 1.54) is 12.1 Å². The zero-order chi connectivity index (χ0) is 9.14. The monoisotopic (exact) mass is 187 g/mol. The topological polar surface area (TPSA) is 66.5 Å². The Labute approximate surface area is 75.4 Å². The molecular weight excluding hydrogens is 178 g/mol. The van der Waals surface area contributed by atoms with Crippen molar-refractivity contribution in [3.05, 3.63) is 28.8 Å². The van der Waals surface area contributed by atoms with Gasteiger partial charge in [0.1, 0.15) is 5.75 Å². The van der Waals surface area contributed by atoms with Gasteiger partial charge in [-0.05, 0) is 18.2 Å². The van der Waals surface area contributed by atoms with Gasteiger partial charge >= 0.3 is 0 Å². The number of phenolic OH excluding ortho intramolecular Hbond substituents is 1. The molecule has 4 N–H and O–H groups in total. The minimum atomic E-state index is -0.858. The normalized spacial score (nSPS) is 12.9. The maximum Gasteiger partial charge on any atom is 0.121 e. The molecule has 0 saturated carbocycles. The van der Waals surface area contributed by atoms with E-state index in [1.807, 2.05) is 0 Å². The average Bonchev–Trinajstić information content (AvgIpc) is 2.08. The number of nitrogens with two attached hydrogens (primary N) is 1. The molecule has 0 heterocycles. The molecule has 0 aliphatic heterocycles. The first-order valence-electron chi connectivity index (χ1n) is 3.51. The highest BCUT2D eigenvalue weighted by atomic mass is 35.5. The van der Waals surface area contributed by atoms with Crippen molar-refractivity contribution in [1.82, 2.24) is 0 Å². The number of halogens is 1. The van der Waals surface area contributed by atoms with E-state index in [0.29, 0.717) is 10.6 Å². The molecule has 1 atom stereocenters. The fraction of sp³-hybridized carbons (Fsp3) is 0.250. The number of aliphatic hydroxyl groups excluding tert-OH is 1. The highest BCUT2D eigenvalue weighted by molar-refractivity contribution is 6.30. The summed E-state index contributed by atoms with van der Waals surface area (Å²) in [4.78, 5) is 0. The number of benzene rings is 1. The van der Waals surface area contributed by atoms with Crippen LogP contribution in [0.1, 0.15) is 11.7 Å². The van der Waals surface area contributed by atoms with Gasteiger partial charge in [0, 0.05) is 17.1 Å². The summed E-state index contributed by atoms with van der Waals surface area (Å²) in [6.07, 6.45) is -0.858. The predicted molar refractivity (Wildman–Crippen MR) is 47.1 cm³/mol. The molecular formula is C8H10ClNO2. The molecule has 0 aromatic heterocycles. The number of aliphatic hydroxyl groups is 1. The average molecular weight is 188 g/mol. The van der Waals surface area contributed by atoms with Crippen LogP contribution >= 0.6 is 11.6 Å². The molecule has 0 aliphatic carbocycles. The second-order valence-corrected chi connectivity index (χ2v) is 2.89. The van der Waals surface area contributed by atoms with Crippen LogP contribution in [0.3, 0.4) is 0 Å². The van der Waals surface area contributed by atoms with Gasteiger partial charge < -0.3 is 15.9 Å². The van der Waals surface area contributed by atoms with Gasteiger partial charge in [0.25, 0.3) is 0 Å². The summed E-state index contributed by atoms with van der Waals surface area (Å²) < 4.78 is 0. The van der Waals surface area contributed by atoms with E-state index >= 15 is 0 Å². The number of hydrogen-bond acceptors (Lipinski definition) is 3. The molecule has 12 heavy (non-hydrogen) atoms. The zero-order valence-corrected chi connectivity index (χ0v) is 7.12. The lowest BCUT2D eigenvalue weighted by Crippen LogP contribution is -2.11. The molecule has 0 saturated heterocycles. The highest BCUT2D eigenvalue weighted by Crippen LogP contribution is 2.26. The van der Waals surface area contributed by atoms with Crippen molar-refractivity contribution in [2.24, 2.45) is 5.73 Å². The minimum absolute atomic E-state index is 0.0114. The Kier molecular flexibility index (Phi) is 2.92. The van der Waals surface area contributed by atoms with E-state index in [1.54, 1.807) is 6.07 Å². The Morgan fingerprint density at radius 2 is 2.17 bits per heavy atom. The van der Waals surface area contributed by atoms with E-state index in [2.05, 4.69) is 0 Å². The maximum absolute atomic E-state index is 9.29. The van der Waals surface area contributed by atoms with Crippen molar-refractivity contribution in [3.8, 4) is 5.75 Å². The van der Waals surface area contributed by atoms with Crippen LogP contribution < -0.4 is 5.73 Å². The lowest BCUT2D eigenvalue weighted by Gasteiger charge is -2.09. The molecule has 66 valence electrons. The molecule has 0 radical (unpaired) electrons. The summed E-state index contributed by atoms with van der Waals surface area (Å²) in [5, 5.41) is 19.0. The van der Waals surface area contributed by atoms with Crippen molar-refractivity contribution in [1.29, 1.82) is 0 Å². The van der Waals surface area contributed by atoms with E-state index in [4.69, 9.17) is 17.3 Å². The third kappa shape index (κ3) is 1.88. The van der Waals surface area contributed by atoms with Gasteiger partial charge in [-0.2, -0.15) is 0 Å². The van der Waals surface area contributed by atoms with E-state index < -0.39 is 6.10 Å². The summed E-state index contributed by atoms with van der Waals surface area (Å²) in [7, 11) is 0. The zero-order valence-electron chi connectivity index (χ0n) is 6.37. The first-order chi connectivity index (χ1) is 5.65. The van der Waals surface area contributed by atoms with Gasteiger partial charge in [0.05, 0.1) is 6.10 Å². The molecule has 0 fully saturated rings. The molecule has 1 aromatic carbocycles. The fourth-order valence-electron chi connectivity index (χ4n) is 0.919. The molecule has 0 bridgehead atoms. The van der Waals surface area contributed by atoms with Gasteiger partial charge in [-0.15, -0.1) is 0 Å². The van der Waals surface area contributed by atoms with Gasteiger partial charge in [-0.1, -0.05) is 11.6 Å². The number of hydrogen-bond donors (Lipinski definition) is 3. The Morgan fingerprint density at radius 1 is 1.50 bits per heavy atom. The van der Waals surface area contributed by atoms with Crippen LogP contribution in [0.4, 0.5) is 0 Å². The fourth-order valence-corrected chi connectivity index (χ4v) is 1.10. The van der Waals surface area contributed by atoms with Crippen molar-refractivity contribution in [2.45, 2.75) is 6.10 Å². The molecule has 4 heteroatoms. The van der Waals surface area contributed by atoms with Gasteiger partial charge in [0.2, 0.25) is 0 Å². The highest BCUT2D eigenvalue weighted by Gasteiger charge is 2.10. The molecule has 0 unspecified atom stereocenters. The lowest BCUT2D eigenvalue weighted by atomic mass is 10.1. The van der Waals surface area contributed by atoms with E-state index in [9.17, 15) is 10.2 Å². The quantitative estimate of drug-likeness (QED) is 0.648. The summed E-state index contributed by atoms with van der Waals surface area (Å²) in [5.74, 6) is 0.0114. The first kappa shape index (κ1) is 9.32. The Bertz CT molecular complexity index is 278. The van der Waals surface area contributed by atoms with E-state index in [-0.39, 0.29) is 12.3 Å². The lowest BCUT2D eigenvalue weighted by molar-refractivity contribution is 0.182. The van der Waals surface area contributed by atoms with Crippen LogP contribution in [0.25, 0.3) is 0 Å².